The van der Waals surface area contributed by atoms with Gasteiger partial charge in [-0.15, -0.1) is 11.8 Å². The highest BCUT2D eigenvalue weighted by atomic mass is 35.5. The van der Waals surface area contributed by atoms with Gasteiger partial charge in [-0.25, -0.2) is 0 Å². The van der Waals surface area contributed by atoms with E-state index in [1.165, 1.54) is 0 Å². The molecule has 0 bridgehead atoms. The first-order valence-corrected chi connectivity index (χ1v) is 9.74. The van der Waals surface area contributed by atoms with Crippen LogP contribution in [0.15, 0.2) is 35.2 Å². The summed E-state index contributed by atoms with van der Waals surface area (Å²) < 4.78 is 10.8. The smallest absolute Gasteiger partial charge is 0.231 e. The summed E-state index contributed by atoms with van der Waals surface area (Å²) in [6.07, 6.45) is 0. The number of anilines is 1. The lowest BCUT2D eigenvalue weighted by Gasteiger charge is -2.20. The molecule has 1 aliphatic rings. The van der Waals surface area contributed by atoms with Crippen molar-refractivity contribution < 1.29 is 14.3 Å². The van der Waals surface area contributed by atoms with E-state index in [1.807, 2.05) is 52.0 Å². The highest BCUT2D eigenvalue weighted by Crippen LogP contribution is 2.40. The average Bonchev–Trinajstić information content (AvgIpc) is 3.00. The molecule has 0 atom stereocenters. The van der Waals surface area contributed by atoms with Gasteiger partial charge in [-0.05, 0) is 30.2 Å². The van der Waals surface area contributed by atoms with E-state index in [2.05, 4.69) is 5.32 Å². The van der Waals surface area contributed by atoms with E-state index in [0.717, 1.165) is 27.5 Å². The number of nitrogens with one attached hydrogen (secondary N) is 1. The summed E-state index contributed by atoms with van der Waals surface area (Å²) in [4.78, 5) is 13.4. The summed E-state index contributed by atoms with van der Waals surface area (Å²) in [5.74, 6) is 2.05. The number of rotatable bonds is 4. The second-order valence-corrected chi connectivity index (χ2v) is 8.63. The molecule has 2 aromatic rings. The van der Waals surface area contributed by atoms with Crippen LogP contribution in [0.25, 0.3) is 0 Å². The van der Waals surface area contributed by atoms with Crippen LogP contribution in [0.1, 0.15) is 31.9 Å². The van der Waals surface area contributed by atoms with Gasteiger partial charge in [-0.3, -0.25) is 4.79 Å². The van der Waals surface area contributed by atoms with Crippen molar-refractivity contribution >= 4 is 35.0 Å². The Morgan fingerprint density at radius 1 is 1.23 bits per heavy atom. The summed E-state index contributed by atoms with van der Waals surface area (Å²) in [6.45, 7) is 7.96. The minimum absolute atomic E-state index is 0.00828. The molecule has 0 fully saturated rings. The number of halogens is 1. The van der Waals surface area contributed by atoms with Crippen molar-refractivity contribution in [3.63, 3.8) is 0 Å². The third-order valence-corrected chi connectivity index (χ3v) is 5.69. The van der Waals surface area contributed by atoms with Gasteiger partial charge >= 0.3 is 0 Å². The molecule has 2 aromatic carbocycles. The molecule has 1 amide bonds. The first kappa shape index (κ1) is 18.9. The number of aryl methyl sites for hydroxylation is 1. The number of ether oxygens (including phenoxy) is 2. The number of fused-ring (bicyclic) bond motifs is 1. The van der Waals surface area contributed by atoms with Crippen molar-refractivity contribution in [2.75, 3.05) is 12.1 Å². The molecular weight excluding hydrogens is 370 g/mol. The molecule has 0 spiro atoms. The molecule has 26 heavy (non-hydrogen) atoms. The quantitative estimate of drug-likeness (QED) is 0.683. The molecule has 0 aromatic heterocycles. The van der Waals surface area contributed by atoms with Crippen LogP contribution in [0, 0.1) is 12.3 Å². The van der Waals surface area contributed by atoms with Crippen molar-refractivity contribution in [2.45, 2.75) is 38.3 Å². The Morgan fingerprint density at radius 2 is 1.92 bits per heavy atom. The van der Waals surface area contributed by atoms with E-state index >= 15 is 0 Å². The first-order chi connectivity index (χ1) is 12.3. The lowest BCUT2D eigenvalue weighted by molar-refractivity contribution is -0.123. The second kappa shape index (κ2) is 7.41. The van der Waals surface area contributed by atoms with E-state index in [-0.39, 0.29) is 12.7 Å². The minimum Gasteiger partial charge on any atom is -0.454 e. The molecule has 3 rings (SSSR count). The standard InChI is InChI=1S/C20H22ClNO3S/c1-12-6-5-7-15(22-19(23)20(2,3)4)18(12)26-10-13-8-16-17(9-14(13)21)25-11-24-16/h5-9H,10-11H2,1-4H3,(H,22,23). The molecule has 1 heterocycles. The summed E-state index contributed by atoms with van der Waals surface area (Å²) in [5.41, 5.74) is 2.45. The monoisotopic (exact) mass is 391 g/mol. The molecule has 1 aliphatic heterocycles. The summed E-state index contributed by atoms with van der Waals surface area (Å²) in [7, 11) is 0. The van der Waals surface area contributed by atoms with Crippen molar-refractivity contribution in [2.24, 2.45) is 5.41 Å². The summed E-state index contributed by atoms with van der Waals surface area (Å²) >= 11 is 8.02. The summed E-state index contributed by atoms with van der Waals surface area (Å²) in [5, 5.41) is 3.70. The number of hydrogen-bond acceptors (Lipinski definition) is 4. The normalized spacial score (nSPS) is 13.0. The fourth-order valence-electron chi connectivity index (χ4n) is 2.47. The Balaban J connectivity index is 1.81. The molecule has 0 unspecified atom stereocenters. The van der Waals surface area contributed by atoms with Gasteiger partial charge in [0.2, 0.25) is 12.7 Å². The predicted octanol–water partition coefficient (Wildman–Crippen LogP) is 5.65. The van der Waals surface area contributed by atoms with Gasteiger partial charge in [0.15, 0.2) is 11.5 Å². The van der Waals surface area contributed by atoms with Crippen molar-refractivity contribution in [3.05, 3.63) is 46.5 Å². The number of carbonyl (C=O) groups is 1. The molecule has 4 nitrogen and oxygen atoms in total. The Morgan fingerprint density at radius 3 is 2.62 bits per heavy atom. The lowest BCUT2D eigenvalue weighted by Crippen LogP contribution is -2.27. The van der Waals surface area contributed by atoms with Crippen LogP contribution in [0.5, 0.6) is 11.5 Å². The maximum atomic E-state index is 12.4. The average molecular weight is 392 g/mol. The molecule has 0 saturated carbocycles. The molecule has 138 valence electrons. The number of benzene rings is 2. The SMILES string of the molecule is Cc1cccc(NC(=O)C(C)(C)C)c1SCc1cc2c(cc1Cl)OCO2. The van der Waals surface area contributed by atoms with Crippen LogP contribution in [0.4, 0.5) is 5.69 Å². The number of carbonyl (C=O) groups excluding carboxylic acids is 1. The van der Waals surface area contributed by atoms with Crippen LogP contribution in [-0.2, 0) is 10.5 Å². The first-order valence-electron chi connectivity index (χ1n) is 8.37. The van der Waals surface area contributed by atoms with Gasteiger partial charge in [0.25, 0.3) is 0 Å². The maximum absolute atomic E-state index is 12.4. The van der Waals surface area contributed by atoms with E-state index < -0.39 is 5.41 Å². The van der Waals surface area contributed by atoms with Crippen LogP contribution >= 0.6 is 23.4 Å². The van der Waals surface area contributed by atoms with E-state index in [4.69, 9.17) is 21.1 Å². The Labute approximate surface area is 163 Å². The molecule has 0 radical (unpaired) electrons. The lowest BCUT2D eigenvalue weighted by atomic mass is 9.95. The zero-order valence-electron chi connectivity index (χ0n) is 15.3. The summed E-state index contributed by atoms with van der Waals surface area (Å²) in [6, 6.07) is 9.63. The largest absolute Gasteiger partial charge is 0.454 e. The molecule has 0 aliphatic carbocycles. The van der Waals surface area contributed by atoms with Gasteiger partial charge in [0, 0.05) is 27.2 Å². The maximum Gasteiger partial charge on any atom is 0.231 e. The third-order valence-electron chi connectivity index (χ3n) is 4.05. The van der Waals surface area contributed by atoms with E-state index in [1.54, 1.807) is 17.8 Å². The van der Waals surface area contributed by atoms with E-state index in [0.29, 0.717) is 16.5 Å². The molecule has 1 N–H and O–H groups in total. The number of amides is 1. The van der Waals surface area contributed by atoms with Crippen LogP contribution in [0.2, 0.25) is 5.02 Å². The van der Waals surface area contributed by atoms with Crippen LogP contribution in [-0.4, -0.2) is 12.7 Å². The highest BCUT2D eigenvalue weighted by molar-refractivity contribution is 7.98. The molecular formula is C20H22ClNO3S. The van der Waals surface area contributed by atoms with Crippen molar-refractivity contribution in [1.82, 2.24) is 0 Å². The predicted molar refractivity (Wildman–Crippen MR) is 106 cm³/mol. The fraction of sp³-hybridized carbons (Fsp3) is 0.350. The zero-order valence-corrected chi connectivity index (χ0v) is 16.9. The van der Waals surface area contributed by atoms with E-state index in [9.17, 15) is 4.79 Å². The number of hydrogen-bond donors (Lipinski definition) is 1. The van der Waals surface area contributed by atoms with Gasteiger partial charge in [-0.1, -0.05) is 44.5 Å². The third kappa shape index (κ3) is 4.10. The van der Waals surface area contributed by atoms with Gasteiger partial charge in [0.05, 0.1) is 5.69 Å². The Bertz CT molecular complexity index is 846. The van der Waals surface area contributed by atoms with Crippen molar-refractivity contribution in [3.8, 4) is 11.5 Å². The fourth-order valence-corrected chi connectivity index (χ4v) is 3.88. The zero-order chi connectivity index (χ0) is 18.9. The molecule has 6 heteroatoms. The topological polar surface area (TPSA) is 47.6 Å². The van der Waals surface area contributed by atoms with Crippen molar-refractivity contribution in [1.29, 1.82) is 0 Å². The van der Waals surface area contributed by atoms with Gasteiger partial charge in [0.1, 0.15) is 0 Å². The minimum atomic E-state index is -0.452. The number of thioether (sulfide) groups is 1. The van der Waals surface area contributed by atoms with Crippen LogP contribution in [0.3, 0.4) is 0 Å². The highest BCUT2D eigenvalue weighted by Gasteiger charge is 2.23. The van der Waals surface area contributed by atoms with Gasteiger partial charge in [-0.2, -0.15) is 0 Å². The second-order valence-electron chi connectivity index (χ2n) is 7.24. The van der Waals surface area contributed by atoms with Gasteiger partial charge < -0.3 is 14.8 Å². The Kier molecular flexibility index (Phi) is 5.39. The molecule has 0 saturated heterocycles. The van der Waals surface area contributed by atoms with Crippen LogP contribution < -0.4 is 14.8 Å². The Hall–Kier alpha value is -1.85.